The molecule has 2 aromatic rings. The smallest absolute Gasteiger partial charge is 0.272 e. The van der Waals surface area contributed by atoms with Gasteiger partial charge in [0.05, 0.1) is 5.69 Å². The highest BCUT2D eigenvalue weighted by atomic mass is 32.2. The molecule has 1 aromatic heterocycles. The van der Waals surface area contributed by atoms with Crippen molar-refractivity contribution in [3.63, 3.8) is 0 Å². The zero-order valence-electron chi connectivity index (χ0n) is 12.8. The molecular formula is C16H19N3O2S. The number of methoxy groups -OCH3 is 1. The van der Waals surface area contributed by atoms with Crippen LogP contribution < -0.4 is 5.32 Å². The predicted molar refractivity (Wildman–Crippen MR) is 87.0 cm³/mol. The molecule has 0 saturated heterocycles. The Morgan fingerprint density at radius 3 is 3.09 bits per heavy atom. The first-order valence-corrected chi connectivity index (χ1v) is 8.26. The van der Waals surface area contributed by atoms with Crippen molar-refractivity contribution in [2.24, 2.45) is 7.05 Å². The molecule has 0 bridgehead atoms. The number of hydrogen-bond donors (Lipinski definition) is 1. The van der Waals surface area contributed by atoms with Crippen LogP contribution in [0.4, 0.5) is 0 Å². The number of aryl methyl sites for hydroxylation is 1. The summed E-state index contributed by atoms with van der Waals surface area (Å²) < 4.78 is 6.81. The number of carbonyl (C=O) groups excluding carboxylic acids is 1. The third kappa shape index (κ3) is 2.76. The van der Waals surface area contributed by atoms with Gasteiger partial charge in [-0.1, -0.05) is 18.2 Å². The lowest BCUT2D eigenvalue weighted by atomic mass is 10.1. The fraction of sp³-hybridized carbons (Fsp3) is 0.375. The maximum atomic E-state index is 12.4. The van der Waals surface area contributed by atoms with Crippen LogP contribution in [0.2, 0.25) is 0 Å². The molecule has 0 radical (unpaired) electrons. The molecule has 0 spiro atoms. The Morgan fingerprint density at radius 1 is 1.45 bits per heavy atom. The molecule has 6 heteroatoms. The van der Waals surface area contributed by atoms with Gasteiger partial charge in [-0.15, -0.1) is 11.8 Å². The second-order valence-corrected chi connectivity index (χ2v) is 6.20. The maximum absolute atomic E-state index is 12.4. The van der Waals surface area contributed by atoms with Gasteiger partial charge in [0.25, 0.3) is 5.91 Å². The third-order valence-electron chi connectivity index (χ3n) is 3.69. The van der Waals surface area contributed by atoms with E-state index in [0.717, 1.165) is 29.0 Å². The highest BCUT2D eigenvalue weighted by molar-refractivity contribution is 7.98. The van der Waals surface area contributed by atoms with Gasteiger partial charge in [-0.25, -0.2) is 0 Å². The van der Waals surface area contributed by atoms with Gasteiger partial charge in [-0.05, 0) is 12.5 Å². The number of ether oxygens (including phenoxy) is 1. The van der Waals surface area contributed by atoms with E-state index in [-0.39, 0.29) is 5.91 Å². The molecule has 0 unspecified atom stereocenters. The summed E-state index contributed by atoms with van der Waals surface area (Å²) in [5, 5.41) is 7.37. The Labute approximate surface area is 134 Å². The number of hydrogen-bond acceptors (Lipinski definition) is 4. The molecule has 1 N–H and O–H groups in total. The van der Waals surface area contributed by atoms with E-state index in [1.54, 1.807) is 18.9 Å². The molecule has 1 aliphatic heterocycles. The summed E-state index contributed by atoms with van der Waals surface area (Å²) in [4.78, 5) is 13.6. The number of nitrogens with one attached hydrogen (secondary N) is 1. The minimum Gasteiger partial charge on any atom is -0.385 e. The molecule has 5 nitrogen and oxygen atoms in total. The lowest BCUT2D eigenvalue weighted by Gasteiger charge is -2.16. The lowest BCUT2D eigenvalue weighted by Crippen LogP contribution is -2.26. The zero-order chi connectivity index (χ0) is 15.5. The van der Waals surface area contributed by atoms with Gasteiger partial charge >= 0.3 is 0 Å². The normalized spacial score (nSPS) is 12.6. The van der Waals surface area contributed by atoms with E-state index in [1.165, 1.54) is 4.90 Å². The van der Waals surface area contributed by atoms with Gasteiger partial charge in [-0.2, -0.15) is 5.10 Å². The van der Waals surface area contributed by atoms with E-state index in [2.05, 4.69) is 22.5 Å². The minimum atomic E-state index is -0.104. The van der Waals surface area contributed by atoms with Gasteiger partial charge in [-0.3, -0.25) is 9.48 Å². The number of aromatic nitrogens is 2. The van der Waals surface area contributed by atoms with Crippen LogP contribution in [0.25, 0.3) is 11.3 Å². The van der Waals surface area contributed by atoms with Crippen molar-refractivity contribution in [1.82, 2.24) is 15.1 Å². The quantitative estimate of drug-likeness (QED) is 0.861. The molecule has 0 saturated carbocycles. The second-order valence-electron chi connectivity index (χ2n) is 5.19. The largest absolute Gasteiger partial charge is 0.385 e. The average molecular weight is 317 g/mol. The van der Waals surface area contributed by atoms with E-state index in [4.69, 9.17) is 4.74 Å². The van der Waals surface area contributed by atoms with E-state index in [9.17, 15) is 4.79 Å². The van der Waals surface area contributed by atoms with Crippen molar-refractivity contribution < 1.29 is 9.53 Å². The fourth-order valence-electron chi connectivity index (χ4n) is 2.66. The lowest BCUT2D eigenvalue weighted by molar-refractivity contribution is 0.0942. The van der Waals surface area contributed by atoms with Crippen LogP contribution in [-0.2, 0) is 17.5 Å². The molecule has 0 fully saturated rings. The van der Waals surface area contributed by atoms with Crippen molar-refractivity contribution in [2.75, 3.05) is 20.3 Å². The van der Waals surface area contributed by atoms with Crippen LogP contribution in [0.5, 0.6) is 0 Å². The molecular weight excluding hydrogens is 298 g/mol. The van der Waals surface area contributed by atoms with Crippen molar-refractivity contribution in [2.45, 2.75) is 17.1 Å². The monoisotopic (exact) mass is 317 g/mol. The van der Waals surface area contributed by atoms with E-state index >= 15 is 0 Å². The Bertz CT molecular complexity index is 697. The summed E-state index contributed by atoms with van der Waals surface area (Å²) in [6.07, 6.45) is 0.800. The van der Waals surface area contributed by atoms with Gasteiger partial charge in [0.15, 0.2) is 5.69 Å². The van der Waals surface area contributed by atoms with Crippen LogP contribution in [-0.4, -0.2) is 35.9 Å². The summed E-state index contributed by atoms with van der Waals surface area (Å²) in [7, 11) is 3.55. The summed E-state index contributed by atoms with van der Waals surface area (Å²) in [5.41, 5.74) is 3.77. The minimum absolute atomic E-state index is 0.104. The van der Waals surface area contributed by atoms with Crippen molar-refractivity contribution in [1.29, 1.82) is 0 Å². The van der Waals surface area contributed by atoms with E-state index < -0.39 is 0 Å². The number of rotatable bonds is 5. The molecule has 1 aromatic carbocycles. The first-order valence-electron chi connectivity index (χ1n) is 7.27. The van der Waals surface area contributed by atoms with E-state index in [1.807, 2.05) is 23.9 Å². The van der Waals surface area contributed by atoms with Gasteiger partial charge < -0.3 is 10.1 Å². The van der Waals surface area contributed by atoms with Crippen LogP contribution in [0.1, 0.15) is 22.5 Å². The predicted octanol–water partition coefficient (Wildman–Crippen LogP) is 2.46. The van der Waals surface area contributed by atoms with Crippen molar-refractivity contribution >= 4 is 17.7 Å². The molecule has 0 atom stereocenters. The Morgan fingerprint density at radius 2 is 2.27 bits per heavy atom. The van der Waals surface area contributed by atoms with Crippen molar-refractivity contribution in [3.8, 4) is 11.3 Å². The fourth-order valence-corrected chi connectivity index (χ4v) is 3.73. The van der Waals surface area contributed by atoms with Crippen LogP contribution in [0, 0.1) is 0 Å². The van der Waals surface area contributed by atoms with E-state index in [0.29, 0.717) is 18.8 Å². The summed E-state index contributed by atoms with van der Waals surface area (Å²) in [6, 6.07) is 8.26. The molecule has 0 aliphatic carbocycles. The van der Waals surface area contributed by atoms with Crippen LogP contribution >= 0.6 is 11.8 Å². The summed E-state index contributed by atoms with van der Waals surface area (Å²) in [5.74, 6) is 0.675. The summed E-state index contributed by atoms with van der Waals surface area (Å²) >= 11 is 1.75. The number of nitrogens with zero attached hydrogens (tertiary/aromatic N) is 2. The van der Waals surface area contributed by atoms with Crippen LogP contribution in [0.3, 0.4) is 0 Å². The SMILES string of the molecule is COCCCNC(=O)c1nn(C)c2c1CSc1ccccc1-2. The number of fused-ring (bicyclic) bond motifs is 3. The molecule has 116 valence electrons. The topological polar surface area (TPSA) is 56.1 Å². The second kappa shape index (κ2) is 6.54. The van der Waals surface area contributed by atoms with Gasteiger partial charge in [0.1, 0.15) is 0 Å². The Kier molecular flexibility index (Phi) is 4.49. The molecule has 1 amide bonds. The Balaban J connectivity index is 1.86. The zero-order valence-corrected chi connectivity index (χ0v) is 13.6. The highest BCUT2D eigenvalue weighted by Gasteiger charge is 2.27. The maximum Gasteiger partial charge on any atom is 0.272 e. The van der Waals surface area contributed by atoms with Crippen LogP contribution in [0.15, 0.2) is 29.2 Å². The molecule has 3 rings (SSSR count). The first-order chi connectivity index (χ1) is 10.7. The molecule has 22 heavy (non-hydrogen) atoms. The molecule has 2 heterocycles. The number of thioether (sulfide) groups is 1. The average Bonchev–Trinajstić information content (AvgIpc) is 2.89. The van der Waals surface area contributed by atoms with Gasteiger partial charge in [0, 0.05) is 49.1 Å². The summed E-state index contributed by atoms with van der Waals surface area (Å²) in [6.45, 7) is 1.24. The highest BCUT2D eigenvalue weighted by Crippen LogP contribution is 2.42. The Hall–Kier alpha value is -1.79. The number of carbonyl (C=O) groups is 1. The number of amides is 1. The third-order valence-corrected chi connectivity index (χ3v) is 4.79. The van der Waals surface area contributed by atoms with Crippen molar-refractivity contribution in [3.05, 3.63) is 35.5 Å². The first kappa shape index (κ1) is 15.1. The molecule has 1 aliphatic rings. The standard InChI is InChI=1S/C16H19N3O2S/c1-19-15-11-6-3-4-7-13(11)22-10-12(15)14(18-19)16(20)17-8-5-9-21-2/h3-4,6-7H,5,8-10H2,1-2H3,(H,17,20). The van der Waals surface area contributed by atoms with Gasteiger partial charge in [0.2, 0.25) is 0 Å². The number of benzene rings is 1.